The van der Waals surface area contributed by atoms with E-state index in [0.29, 0.717) is 10.7 Å². The molecule has 1 aromatic heterocycles. The highest BCUT2D eigenvalue weighted by Gasteiger charge is 2.03. The van der Waals surface area contributed by atoms with Gasteiger partial charge in [-0.25, -0.2) is 0 Å². The Labute approximate surface area is 151 Å². The first kappa shape index (κ1) is 16.9. The second kappa shape index (κ2) is 7.72. The minimum absolute atomic E-state index is 0.0234. The van der Waals surface area contributed by atoms with E-state index in [2.05, 4.69) is 15.7 Å². The van der Waals surface area contributed by atoms with Crippen molar-refractivity contribution in [3.63, 3.8) is 0 Å². The van der Waals surface area contributed by atoms with E-state index < -0.39 is 0 Å². The molecule has 2 aromatic carbocycles. The molecule has 6 heteroatoms. The van der Waals surface area contributed by atoms with Crippen LogP contribution >= 0.6 is 12.2 Å². The summed E-state index contributed by atoms with van der Waals surface area (Å²) in [7, 11) is 0. The first-order valence-electron chi connectivity index (χ1n) is 7.85. The quantitative estimate of drug-likeness (QED) is 0.539. The fourth-order valence-corrected chi connectivity index (χ4v) is 2.62. The molecular formula is C19H18N4OS. The second-order valence-electron chi connectivity index (χ2n) is 5.62. The Hall–Kier alpha value is -2.99. The number of nitrogens with zero attached hydrogens (tertiary/aromatic N) is 2. The van der Waals surface area contributed by atoms with E-state index in [0.717, 1.165) is 23.5 Å². The Balaban J connectivity index is 1.59. The summed E-state index contributed by atoms with van der Waals surface area (Å²) in [5.74, 6) is 0.0234. The third kappa shape index (κ3) is 4.74. The van der Waals surface area contributed by atoms with Crippen LogP contribution in [0.4, 0.5) is 11.4 Å². The number of anilines is 2. The minimum Gasteiger partial charge on any atom is -0.332 e. The summed E-state index contributed by atoms with van der Waals surface area (Å²) in [5, 5.41) is 10.9. The van der Waals surface area contributed by atoms with Crippen molar-refractivity contribution in [2.45, 2.75) is 13.5 Å². The Morgan fingerprint density at radius 2 is 1.84 bits per heavy atom. The van der Waals surface area contributed by atoms with Gasteiger partial charge in [-0.15, -0.1) is 0 Å². The van der Waals surface area contributed by atoms with Crippen molar-refractivity contribution >= 4 is 34.5 Å². The van der Waals surface area contributed by atoms with Crippen LogP contribution in [0, 0.1) is 0 Å². The predicted molar refractivity (Wildman–Crippen MR) is 104 cm³/mol. The van der Waals surface area contributed by atoms with Crippen LogP contribution in [0.2, 0.25) is 0 Å². The van der Waals surface area contributed by atoms with Crippen molar-refractivity contribution in [2.75, 3.05) is 10.6 Å². The highest BCUT2D eigenvalue weighted by Crippen LogP contribution is 2.14. The van der Waals surface area contributed by atoms with Gasteiger partial charge in [0.2, 0.25) is 0 Å². The Morgan fingerprint density at radius 3 is 2.52 bits per heavy atom. The molecule has 0 atom stereocenters. The molecule has 0 aliphatic rings. The van der Waals surface area contributed by atoms with Gasteiger partial charge < -0.3 is 10.6 Å². The van der Waals surface area contributed by atoms with E-state index in [1.165, 1.54) is 0 Å². The molecule has 3 aromatic rings. The maximum absolute atomic E-state index is 11.4. The summed E-state index contributed by atoms with van der Waals surface area (Å²) in [6.07, 6.45) is 3.70. The van der Waals surface area contributed by atoms with Crippen molar-refractivity contribution in [3.05, 3.63) is 78.1 Å². The number of thiocarbonyl (C=S) groups is 1. The van der Waals surface area contributed by atoms with Crippen molar-refractivity contribution in [1.29, 1.82) is 0 Å². The summed E-state index contributed by atoms with van der Waals surface area (Å²) >= 11 is 5.33. The average Bonchev–Trinajstić information content (AvgIpc) is 3.10. The number of benzene rings is 2. The molecule has 0 bridgehead atoms. The second-order valence-corrected chi connectivity index (χ2v) is 6.02. The standard InChI is InChI=1S/C19H18N4OS/c1-14(24)16-4-2-5-18(12-16)22-19(25)21-17-8-6-15(7-9-17)13-23-11-3-10-20-23/h2-12H,13H2,1H3,(H2,21,22,25). The van der Waals surface area contributed by atoms with Crippen molar-refractivity contribution in [2.24, 2.45) is 0 Å². The van der Waals surface area contributed by atoms with Crippen molar-refractivity contribution in [1.82, 2.24) is 9.78 Å². The number of aromatic nitrogens is 2. The topological polar surface area (TPSA) is 59.0 Å². The first-order chi connectivity index (χ1) is 12.1. The molecule has 25 heavy (non-hydrogen) atoms. The first-order valence-corrected chi connectivity index (χ1v) is 8.26. The van der Waals surface area contributed by atoms with Crippen LogP contribution < -0.4 is 10.6 Å². The number of Topliss-reactive ketones (excluding diaryl/α,β-unsaturated/α-hetero) is 1. The third-order valence-electron chi connectivity index (χ3n) is 3.64. The summed E-state index contributed by atoms with van der Waals surface area (Å²) in [4.78, 5) is 11.4. The molecule has 0 fully saturated rings. The molecule has 1 heterocycles. The molecule has 0 amide bonds. The Bertz CT molecular complexity index is 873. The van der Waals surface area contributed by atoms with Gasteiger partial charge in [-0.1, -0.05) is 24.3 Å². The lowest BCUT2D eigenvalue weighted by atomic mass is 10.1. The number of carbonyl (C=O) groups excluding carboxylic acids is 1. The van der Waals surface area contributed by atoms with E-state index in [9.17, 15) is 4.79 Å². The van der Waals surface area contributed by atoms with Gasteiger partial charge in [0, 0.05) is 29.3 Å². The third-order valence-corrected chi connectivity index (χ3v) is 3.85. The fraction of sp³-hybridized carbons (Fsp3) is 0.105. The maximum Gasteiger partial charge on any atom is 0.175 e. The van der Waals surface area contributed by atoms with Gasteiger partial charge in [0.1, 0.15) is 0 Å². The smallest absolute Gasteiger partial charge is 0.175 e. The van der Waals surface area contributed by atoms with Crippen LogP contribution in [0.5, 0.6) is 0 Å². The van der Waals surface area contributed by atoms with E-state index >= 15 is 0 Å². The van der Waals surface area contributed by atoms with Gasteiger partial charge in [0.25, 0.3) is 0 Å². The van der Waals surface area contributed by atoms with Gasteiger partial charge in [-0.05, 0) is 55.0 Å². The molecule has 0 saturated heterocycles. The molecule has 126 valence electrons. The molecule has 0 radical (unpaired) electrons. The van der Waals surface area contributed by atoms with E-state index in [1.54, 1.807) is 25.3 Å². The summed E-state index contributed by atoms with van der Waals surface area (Å²) in [6, 6.07) is 17.2. The number of ketones is 1. The monoisotopic (exact) mass is 350 g/mol. The zero-order valence-electron chi connectivity index (χ0n) is 13.8. The zero-order chi connectivity index (χ0) is 17.6. The number of hydrogen-bond acceptors (Lipinski definition) is 3. The molecule has 0 saturated carbocycles. The highest BCUT2D eigenvalue weighted by atomic mass is 32.1. The van der Waals surface area contributed by atoms with Gasteiger partial charge in [0.05, 0.1) is 6.54 Å². The molecule has 0 aliphatic carbocycles. The lowest BCUT2D eigenvalue weighted by molar-refractivity contribution is 0.101. The number of carbonyl (C=O) groups is 1. The zero-order valence-corrected chi connectivity index (χ0v) is 14.6. The fourth-order valence-electron chi connectivity index (χ4n) is 2.38. The number of rotatable bonds is 5. The maximum atomic E-state index is 11.4. The Morgan fingerprint density at radius 1 is 1.08 bits per heavy atom. The predicted octanol–water partition coefficient (Wildman–Crippen LogP) is 3.94. The summed E-state index contributed by atoms with van der Waals surface area (Å²) in [5.41, 5.74) is 3.48. The summed E-state index contributed by atoms with van der Waals surface area (Å²) < 4.78 is 1.87. The molecular weight excluding hydrogens is 332 g/mol. The van der Waals surface area contributed by atoms with Crippen molar-refractivity contribution in [3.8, 4) is 0 Å². The van der Waals surface area contributed by atoms with E-state index in [4.69, 9.17) is 12.2 Å². The van der Waals surface area contributed by atoms with Gasteiger partial charge in [-0.3, -0.25) is 9.48 Å². The SMILES string of the molecule is CC(=O)c1cccc(NC(=S)Nc2ccc(Cn3cccn3)cc2)c1. The van der Waals surface area contributed by atoms with Crippen molar-refractivity contribution < 1.29 is 4.79 Å². The molecule has 2 N–H and O–H groups in total. The van der Waals surface area contributed by atoms with Gasteiger partial charge >= 0.3 is 0 Å². The van der Waals surface area contributed by atoms with Gasteiger partial charge in [0.15, 0.2) is 10.9 Å². The number of hydrogen-bond donors (Lipinski definition) is 2. The normalized spacial score (nSPS) is 10.3. The molecule has 0 unspecified atom stereocenters. The lowest BCUT2D eigenvalue weighted by Gasteiger charge is -2.12. The number of nitrogens with one attached hydrogen (secondary N) is 2. The van der Waals surface area contributed by atoms with E-state index in [1.807, 2.05) is 53.3 Å². The summed E-state index contributed by atoms with van der Waals surface area (Å²) in [6.45, 7) is 2.27. The molecule has 0 spiro atoms. The van der Waals surface area contributed by atoms with Crippen LogP contribution in [0.3, 0.4) is 0 Å². The minimum atomic E-state index is 0.0234. The molecule has 5 nitrogen and oxygen atoms in total. The van der Waals surface area contributed by atoms with E-state index in [-0.39, 0.29) is 5.78 Å². The lowest BCUT2D eigenvalue weighted by Crippen LogP contribution is -2.19. The van der Waals surface area contributed by atoms with Crippen LogP contribution in [0.15, 0.2) is 67.0 Å². The Kier molecular flexibility index (Phi) is 5.20. The van der Waals surface area contributed by atoms with Gasteiger partial charge in [-0.2, -0.15) is 5.10 Å². The van der Waals surface area contributed by atoms with Crippen LogP contribution in [0.25, 0.3) is 0 Å². The highest BCUT2D eigenvalue weighted by molar-refractivity contribution is 7.80. The molecule has 0 aliphatic heterocycles. The van der Waals surface area contributed by atoms with Crippen LogP contribution in [-0.4, -0.2) is 20.7 Å². The van der Waals surface area contributed by atoms with Crippen LogP contribution in [0.1, 0.15) is 22.8 Å². The van der Waals surface area contributed by atoms with Crippen LogP contribution in [-0.2, 0) is 6.54 Å². The molecule has 3 rings (SSSR count). The average molecular weight is 350 g/mol. The largest absolute Gasteiger partial charge is 0.332 e.